The molecule has 1 heterocycles. The predicted octanol–water partition coefficient (Wildman–Crippen LogP) is 5.99. The van der Waals surface area contributed by atoms with Crippen molar-refractivity contribution in [3.05, 3.63) is 59.0 Å². The minimum absolute atomic E-state index is 0.0773. The molecule has 1 aliphatic rings. The van der Waals surface area contributed by atoms with E-state index in [0.717, 1.165) is 41.3 Å². The fraction of sp³-hybridized carbons (Fsp3) is 0.238. The molecule has 6 heteroatoms. The van der Waals surface area contributed by atoms with Crippen molar-refractivity contribution in [3.8, 4) is 5.75 Å². The van der Waals surface area contributed by atoms with Gasteiger partial charge in [-0.15, -0.1) is 11.8 Å². The standard InChI is InChI=1S/C21H21NO2S3/c1-3-4-12-24-17-10-8-15(9-11-17)13-19-20(23)22(21(25)27-19)16-6-5-7-18(14-16)26-2/h5-11,13-14H,3-4,12H2,1-2H3/b19-13-. The highest BCUT2D eigenvalue weighted by Gasteiger charge is 2.33. The second-order valence-corrected chi connectivity index (χ2v) is 8.55. The Morgan fingerprint density at radius 2 is 2.00 bits per heavy atom. The first kappa shape index (κ1) is 20.0. The van der Waals surface area contributed by atoms with Gasteiger partial charge in [-0.1, -0.05) is 55.5 Å². The van der Waals surface area contributed by atoms with Crippen LogP contribution in [0.5, 0.6) is 5.75 Å². The van der Waals surface area contributed by atoms with Gasteiger partial charge in [0.15, 0.2) is 4.32 Å². The highest BCUT2D eigenvalue weighted by atomic mass is 32.2. The molecule has 27 heavy (non-hydrogen) atoms. The van der Waals surface area contributed by atoms with Crippen molar-refractivity contribution in [1.29, 1.82) is 0 Å². The summed E-state index contributed by atoms with van der Waals surface area (Å²) in [5.74, 6) is 0.772. The lowest BCUT2D eigenvalue weighted by Gasteiger charge is -2.15. The van der Waals surface area contributed by atoms with Gasteiger partial charge in [0.1, 0.15) is 5.75 Å². The van der Waals surface area contributed by atoms with Crippen LogP contribution in [-0.4, -0.2) is 23.1 Å². The molecule has 3 rings (SSSR count). The Labute approximate surface area is 174 Å². The number of nitrogens with zero attached hydrogens (tertiary/aromatic N) is 1. The molecular formula is C21H21NO2S3. The Balaban J connectivity index is 1.75. The minimum Gasteiger partial charge on any atom is -0.494 e. The van der Waals surface area contributed by atoms with Gasteiger partial charge in [0.05, 0.1) is 17.2 Å². The third kappa shape index (κ3) is 4.94. The van der Waals surface area contributed by atoms with Gasteiger partial charge in [-0.3, -0.25) is 9.69 Å². The van der Waals surface area contributed by atoms with Crippen LogP contribution in [-0.2, 0) is 4.79 Å². The van der Waals surface area contributed by atoms with Gasteiger partial charge in [-0.05, 0) is 54.6 Å². The first-order valence-corrected chi connectivity index (χ1v) is 11.2. The topological polar surface area (TPSA) is 29.5 Å². The third-order valence-corrected chi connectivity index (χ3v) is 6.08. The quantitative estimate of drug-likeness (QED) is 0.240. The van der Waals surface area contributed by atoms with Crippen molar-refractivity contribution in [2.24, 2.45) is 0 Å². The summed E-state index contributed by atoms with van der Waals surface area (Å²) in [6.07, 6.45) is 6.05. The normalized spacial score (nSPS) is 15.6. The minimum atomic E-state index is -0.0773. The van der Waals surface area contributed by atoms with Crippen LogP contribution in [0.3, 0.4) is 0 Å². The smallest absolute Gasteiger partial charge is 0.270 e. The fourth-order valence-corrected chi connectivity index (χ4v) is 4.34. The molecule has 140 valence electrons. The molecule has 0 aliphatic carbocycles. The van der Waals surface area contributed by atoms with E-state index in [1.54, 1.807) is 16.7 Å². The average Bonchev–Trinajstić information content (AvgIpc) is 2.96. The molecule has 0 saturated carbocycles. The largest absolute Gasteiger partial charge is 0.494 e. The molecule has 0 aromatic heterocycles. The van der Waals surface area contributed by atoms with Crippen molar-refractivity contribution in [1.82, 2.24) is 0 Å². The molecule has 0 radical (unpaired) electrons. The molecule has 0 N–H and O–H groups in total. The van der Waals surface area contributed by atoms with E-state index in [9.17, 15) is 4.79 Å². The van der Waals surface area contributed by atoms with E-state index in [-0.39, 0.29) is 5.91 Å². The number of unbranched alkanes of at least 4 members (excludes halogenated alkanes) is 1. The zero-order valence-electron chi connectivity index (χ0n) is 15.3. The van der Waals surface area contributed by atoms with Crippen LogP contribution in [0.25, 0.3) is 6.08 Å². The van der Waals surface area contributed by atoms with Crippen molar-refractivity contribution < 1.29 is 9.53 Å². The molecule has 0 atom stereocenters. The summed E-state index contributed by atoms with van der Waals surface area (Å²) in [6, 6.07) is 15.7. The summed E-state index contributed by atoms with van der Waals surface area (Å²) in [5.41, 5.74) is 1.77. The highest BCUT2D eigenvalue weighted by molar-refractivity contribution is 8.27. The summed E-state index contributed by atoms with van der Waals surface area (Å²) in [4.78, 5) is 16.2. The summed E-state index contributed by atoms with van der Waals surface area (Å²) in [6.45, 7) is 2.86. The van der Waals surface area contributed by atoms with E-state index >= 15 is 0 Å². The zero-order valence-corrected chi connectivity index (χ0v) is 17.8. The number of carbonyl (C=O) groups is 1. The predicted molar refractivity (Wildman–Crippen MR) is 121 cm³/mol. The average molecular weight is 416 g/mol. The maximum atomic E-state index is 12.9. The highest BCUT2D eigenvalue weighted by Crippen LogP contribution is 2.37. The number of hydrogen-bond donors (Lipinski definition) is 0. The van der Waals surface area contributed by atoms with Crippen LogP contribution in [0.4, 0.5) is 5.69 Å². The first-order chi connectivity index (χ1) is 13.1. The van der Waals surface area contributed by atoms with Crippen molar-refractivity contribution in [2.45, 2.75) is 24.7 Å². The molecule has 1 amide bonds. The second kappa shape index (κ2) is 9.44. The summed E-state index contributed by atoms with van der Waals surface area (Å²) in [7, 11) is 0. The number of anilines is 1. The lowest BCUT2D eigenvalue weighted by atomic mass is 10.2. The molecule has 2 aromatic rings. The third-order valence-electron chi connectivity index (χ3n) is 4.05. The van der Waals surface area contributed by atoms with E-state index < -0.39 is 0 Å². The Morgan fingerprint density at radius 1 is 1.22 bits per heavy atom. The lowest BCUT2D eigenvalue weighted by molar-refractivity contribution is -0.113. The Bertz CT molecular complexity index is 862. The SMILES string of the molecule is CCCCOc1ccc(/C=C2\SC(=S)N(c3cccc(SC)c3)C2=O)cc1. The number of thioether (sulfide) groups is 2. The number of thiocarbonyl (C=S) groups is 1. The van der Waals surface area contributed by atoms with Gasteiger partial charge >= 0.3 is 0 Å². The van der Waals surface area contributed by atoms with E-state index in [0.29, 0.717) is 9.23 Å². The summed E-state index contributed by atoms with van der Waals surface area (Å²) >= 11 is 8.43. The molecular weight excluding hydrogens is 394 g/mol. The van der Waals surface area contributed by atoms with Crippen molar-refractivity contribution in [3.63, 3.8) is 0 Å². The van der Waals surface area contributed by atoms with Gasteiger partial charge in [-0.25, -0.2) is 0 Å². The first-order valence-electron chi connectivity index (χ1n) is 8.77. The van der Waals surface area contributed by atoms with E-state index in [1.807, 2.05) is 60.9 Å². The van der Waals surface area contributed by atoms with Gasteiger partial charge in [-0.2, -0.15) is 0 Å². The molecule has 0 bridgehead atoms. The summed E-state index contributed by atoms with van der Waals surface area (Å²) in [5, 5.41) is 0. The molecule has 1 aliphatic heterocycles. The van der Waals surface area contributed by atoms with Gasteiger partial charge in [0, 0.05) is 4.90 Å². The Hall–Kier alpha value is -1.76. The molecule has 0 spiro atoms. The number of hydrogen-bond acceptors (Lipinski definition) is 5. The number of ether oxygens (including phenoxy) is 1. The lowest BCUT2D eigenvalue weighted by Crippen LogP contribution is -2.27. The maximum Gasteiger partial charge on any atom is 0.270 e. The van der Waals surface area contributed by atoms with Crippen LogP contribution >= 0.6 is 35.7 Å². The monoisotopic (exact) mass is 415 g/mol. The molecule has 3 nitrogen and oxygen atoms in total. The molecule has 0 unspecified atom stereocenters. The number of amides is 1. The van der Waals surface area contributed by atoms with Crippen LogP contribution < -0.4 is 9.64 Å². The van der Waals surface area contributed by atoms with E-state index in [4.69, 9.17) is 17.0 Å². The van der Waals surface area contributed by atoms with E-state index in [2.05, 4.69) is 6.92 Å². The Morgan fingerprint density at radius 3 is 2.70 bits per heavy atom. The maximum absolute atomic E-state index is 12.9. The zero-order chi connectivity index (χ0) is 19.2. The number of carbonyl (C=O) groups excluding carboxylic acids is 1. The number of rotatable bonds is 7. The number of benzene rings is 2. The van der Waals surface area contributed by atoms with Gasteiger partial charge in [0.2, 0.25) is 0 Å². The van der Waals surface area contributed by atoms with Gasteiger partial charge in [0.25, 0.3) is 5.91 Å². The summed E-state index contributed by atoms with van der Waals surface area (Å²) < 4.78 is 6.24. The van der Waals surface area contributed by atoms with E-state index in [1.165, 1.54) is 11.8 Å². The molecule has 1 fully saturated rings. The van der Waals surface area contributed by atoms with Crippen LogP contribution in [0.15, 0.2) is 58.3 Å². The van der Waals surface area contributed by atoms with Gasteiger partial charge < -0.3 is 4.74 Å². The van der Waals surface area contributed by atoms with Crippen LogP contribution in [0, 0.1) is 0 Å². The fourth-order valence-electron chi connectivity index (χ4n) is 2.59. The van der Waals surface area contributed by atoms with Crippen molar-refractivity contribution >= 4 is 57.7 Å². The van der Waals surface area contributed by atoms with Crippen LogP contribution in [0.2, 0.25) is 0 Å². The second-order valence-electron chi connectivity index (χ2n) is 5.99. The van der Waals surface area contributed by atoms with Crippen LogP contribution in [0.1, 0.15) is 25.3 Å². The Kier molecular flexibility index (Phi) is 6.99. The van der Waals surface area contributed by atoms with Crippen molar-refractivity contribution in [2.75, 3.05) is 17.8 Å². The molecule has 1 saturated heterocycles. The molecule has 2 aromatic carbocycles.